The smallest absolute Gasteiger partial charge is 0.161 e. The molecular weight excluding hydrogens is 420 g/mol. The van der Waals surface area contributed by atoms with Crippen LogP contribution in [0.25, 0.3) is 55.3 Å². The molecule has 9 heteroatoms. The van der Waals surface area contributed by atoms with Crippen molar-refractivity contribution in [2.45, 2.75) is 0 Å². The van der Waals surface area contributed by atoms with Crippen molar-refractivity contribution < 1.29 is 0 Å². The highest BCUT2D eigenvalue weighted by molar-refractivity contribution is 7.13. The summed E-state index contributed by atoms with van der Waals surface area (Å²) in [6, 6.07) is 10.1. The Morgan fingerprint density at radius 2 is 1.81 bits per heavy atom. The van der Waals surface area contributed by atoms with Gasteiger partial charge in [0.05, 0.1) is 34.8 Å². The van der Waals surface area contributed by atoms with Crippen molar-refractivity contribution in [3.05, 3.63) is 60.5 Å². The Morgan fingerprint density at radius 3 is 2.66 bits per heavy atom. The maximum absolute atomic E-state index is 4.90. The second-order valence-corrected chi connectivity index (χ2v) is 8.58. The minimum Gasteiger partial charge on any atom is -0.376 e. The molecular formula is C23H18N8S. The van der Waals surface area contributed by atoms with E-state index in [1.807, 2.05) is 55.8 Å². The Balaban J connectivity index is 1.49. The average Bonchev–Trinajstić information content (AvgIpc) is 3.57. The Kier molecular flexibility index (Phi) is 4.22. The van der Waals surface area contributed by atoms with Gasteiger partial charge in [-0.15, -0.1) is 11.3 Å². The summed E-state index contributed by atoms with van der Waals surface area (Å²) in [5.41, 5.74) is 7.79. The highest BCUT2D eigenvalue weighted by atomic mass is 32.1. The number of pyridine rings is 3. The fourth-order valence-electron chi connectivity index (χ4n) is 3.69. The second-order valence-electron chi connectivity index (χ2n) is 7.64. The van der Waals surface area contributed by atoms with Gasteiger partial charge in [-0.25, -0.2) is 9.97 Å². The number of fused-ring (bicyclic) bond motifs is 2. The summed E-state index contributed by atoms with van der Waals surface area (Å²) in [7, 11) is 3.99. The van der Waals surface area contributed by atoms with Gasteiger partial charge in [-0.1, -0.05) is 6.07 Å². The molecule has 0 atom stereocenters. The molecule has 0 bridgehead atoms. The lowest BCUT2D eigenvalue weighted by atomic mass is 10.1. The first-order chi connectivity index (χ1) is 15.7. The Morgan fingerprint density at radius 1 is 0.906 bits per heavy atom. The standard InChI is InChI=1S/C23H18N8S/c1-31(2)14-8-13(9-24-10-14)16-5-6-17-21(26-16)22(30-29-17)23-27-18-12-25-11-15(20(18)28-23)19-4-3-7-32-19/h3-12H,1-2H3,(H,27,28)(H,29,30). The summed E-state index contributed by atoms with van der Waals surface area (Å²) in [5, 5.41) is 9.63. The van der Waals surface area contributed by atoms with Gasteiger partial charge in [0.1, 0.15) is 11.0 Å². The Bertz CT molecular complexity index is 1560. The first-order valence-electron chi connectivity index (χ1n) is 10.0. The van der Waals surface area contributed by atoms with E-state index >= 15 is 0 Å². The van der Waals surface area contributed by atoms with Gasteiger partial charge in [0, 0.05) is 42.5 Å². The van der Waals surface area contributed by atoms with Crippen LogP contribution in [0, 0.1) is 0 Å². The average molecular weight is 439 g/mol. The number of aromatic nitrogens is 7. The van der Waals surface area contributed by atoms with Crippen LogP contribution in [-0.4, -0.2) is 49.2 Å². The molecule has 0 fully saturated rings. The number of rotatable bonds is 4. The van der Waals surface area contributed by atoms with Gasteiger partial charge < -0.3 is 9.88 Å². The lowest BCUT2D eigenvalue weighted by Crippen LogP contribution is -2.08. The quantitative estimate of drug-likeness (QED) is 0.412. The van der Waals surface area contributed by atoms with Gasteiger partial charge in [0.25, 0.3) is 0 Å². The molecule has 0 saturated heterocycles. The van der Waals surface area contributed by atoms with Crippen LogP contribution in [0.15, 0.2) is 60.5 Å². The van der Waals surface area contributed by atoms with E-state index < -0.39 is 0 Å². The molecule has 2 N–H and O–H groups in total. The molecule has 0 spiro atoms. The van der Waals surface area contributed by atoms with E-state index in [1.54, 1.807) is 17.5 Å². The highest BCUT2D eigenvalue weighted by Gasteiger charge is 2.17. The molecule has 0 radical (unpaired) electrons. The number of hydrogen-bond acceptors (Lipinski definition) is 7. The molecule has 0 saturated carbocycles. The largest absolute Gasteiger partial charge is 0.376 e. The van der Waals surface area contributed by atoms with Gasteiger partial charge in [0.2, 0.25) is 0 Å². The predicted octanol–water partition coefficient (Wildman–Crippen LogP) is 4.75. The van der Waals surface area contributed by atoms with E-state index in [0.29, 0.717) is 11.5 Å². The third-order valence-electron chi connectivity index (χ3n) is 5.35. The van der Waals surface area contributed by atoms with Crippen LogP contribution in [-0.2, 0) is 0 Å². The maximum atomic E-state index is 4.90. The van der Waals surface area contributed by atoms with Gasteiger partial charge in [-0.2, -0.15) is 5.10 Å². The fourth-order valence-corrected chi connectivity index (χ4v) is 4.43. The summed E-state index contributed by atoms with van der Waals surface area (Å²) < 4.78 is 0. The zero-order valence-electron chi connectivity index (χ0n) is 17.4. The molecule has 0 aromatic carbocycles. The molecule has 32 heavy (non-hydrogen) atoms. The number of hydrogen-bond donors (Lipinski definition) is 2. The van der Waals surface area contributed by atoms with Gasteiger partial charge in [-0.05, 0) is 29.6 Å². The summed E-state index contributed by atoms with van der Waals surface area (Å²) in [6.07, 6.45) is 7.29. The normalized spacial score (nSPS) is 11.4. The molecule has 0 aliphatic rings. The zero-order chi connectivity index (χ0) is 21.7. The Hall–Kier alpha value is -4.11. The molecule has 6 aromatic rings. The van der Waals surface area contributed by atoms with E-state index in [0.717, 1.165) is 49.5 Å². The lowest BCUT2D eigenvalue weighted by Gasteiger charge is -2.12. The van der Waals surface area contributed by atoms with Crippen molar-refractivity contribution in [3.63, 3.8) is 0 Å². The van der Waals surface area contributed by atoms with Crippen molar-refractivity contribution in [1.29, 1.82) is 0 Å². The summed E-state index contributed by atoms with van der Waals surface area (Å²) in [6.45, 7) is 0. The zero-order valence-corrected chi connectivity index (χ0v) is 18.2. The maximum Gasteiger partial charge on any atom is 0.161 e. The molecule has 8 nitrogen and oxygen atoms in total. The van der Waals surface area contributed by atoms with E-state index in [-0.39, 0.29) is 0 Å². The molecule has 6 rings (SSSR count). The number of aromatic amines is 2. The van der Waals surface area contributed by atoms with Crippen LogP contribution in [0.2, 0.25) is 0 Å². The highest BCUT2D eigenvalue weighted by Crippen LogP contribution is 2.33. The topological polar surface area (TPSA) is 99.3 Å². The monoisotopic (exact) mass is 438 g/mol. The molecule has 0 amide bonds. The molecule has 0 unspecified atom stereocenters. The van der Waals surface area contributed by atoms with E-state index in [1.165, 1.54) is 0 Å². The number of thiophene rings is 1. The molecule has 0 aliphatic heterocycles. The Labute approximate surface area is 187 Å². The first kappa shape index (κ1) is 18.6. The lowest BCUT2D eigenvalue weighted by molar-refractivity contribution is 1.10. The first-order valence-corrected chi connectivity index (χ1v) is 10.9. The van der Waals surface area contributed by atoms with Gasteiger partial charge in [-0.3, -0.25) is 15.1 Å². The number of anilines is 1. The molecule has 6 aromatic heterocycles. The van der Waals surface area contributed by atoms with E-state index in [9.17, 15) is 0 Å². The van der Waals surface area contributed by atoms with Crippen LogP contribution in [0.3, 0.4) is 0 Å². The number of nitrogens with zero attached hydrogens (tertiary/aromatic N) is 6. The predicted molar refractivity (Wildman–Crippen MR) is 128 cm³/mol. The minimum atomic E-state index is 0.655. The molecule has 6 heterocycles. The van der Waals surface area contributed by atoms with Crippen LogP contribution in [0.1, 0.15) is 0 Å². The van der Waals surface area contributed by atoms with Crippen LogP contribution in [0.5, 0.6) is 0 Å². The summed E-state index contributed by atoms with van der Waals surface area (Å²) >= 11 is 1.67. The second kappa shape index (κ2) is 7.24. The summed E-state index contributed by atoms with van der Waals surface area (Å²) in [4.78, 5) is 25.0. The van der Waals surface area contributed by atoms with Crippen molar-refractivity contribution in [2.75, 3.05) is 19.0 Å². The third kappa shape index (κ3) is 3.02. The van der Waals surface area contributed by atoms with Crippen LogP contribution < -0.4 is 4.90 Å². The van der Waals surface area contributed by atoms with Gasteiger partial charge >= 0.3 is 0 Å². The third-order valence-corrected chi connectivity index (χ3v) is 6.25. The van der Waals surface area contributed by atoms with Crippen molar-refractivity contribution in [3.8, 4) is 33.2 Å². The van der Waals surface area contributed by atoms with E-state index in [4.69, 9.17) is 9.97 Å². The van der Waals surface area contributed by atoms with Crippen molar-refractivity contribution >= 4 is 39.1 Å². The molecule has 0 aliphatic carbocycles. The van der Waals surface area contributed by atoms with Crippen molar-refractivity contribution in [2.24, 2.45) is 0 Å². The number of H-pyrrole nitrogens is 2. The van der Waals surface area contributed by atoms with Gasteiger partial charge in [0.15, 0.2) is 11.5 Å². The van der Waals surface area contributed by atoms with E-state index in [2.05, 4.69) is 42.7 Å². The SMILES string of the molecule is CN(C)c1cncc(-c2ccc3[nH]nc(-c4nc5c(-c6cccs6)cncc5[nH]4)c3n2)c1. The number of nitrogens with one attached hydrogen (secondary N) is 2. The fraction of sp³-hybridized carbons (Fsp3) is 0.0870. The minimum absolute atomic E-state index is 0.655. The van der Waals surface area contributed by atoms with Crippen molar-refractivity contribution in [1.82, 2.24) is 35.1 Å². The van der Waals surface area contributed by atoms with Crippen LogP contribution >= 0.6 is 11.3 Å². The number of imidazole rings is 1. The summed E-state index contributed by atoms with van der Waals surface area (Å²) in [5.74, 6) is 0.655. The van der Waals surface area contributed by atoms with Crippen LogP contribution in [0.4, 0.5) is 5.69 Å². The molecule has 156 valence electrons.